The summed E-state index contributed by atoms with van der Waals surface area (Å²) in [5, 5.41) is 5.93. The number of amides is 2. The molecule has 0 atom stereocenters. The van der Waals surface area contributed by atoms with Crippen molar-refractivity contribution in [2.45, 2.75) is 78.6 Å². The van der Waals surface area contributed by atoms with Gasteiger partial charge in [-0.25, -0.2) is 0 Å². The van der Waals surface area contributed by atoms with E-state index in [2.05, 4.69) is 69.5 Å². The van der Waals surface area contributed by atoms with E-state index >= 15 is 0 Å². The molecule has 0 saturated carbocycles. The van der Waals surface area contributed by atoms with Crippen LogP contribution in [0, 0.1) is 0 Å². The number of carbonyl (C=O) groups excluding carboxylic acids is 2. The molecule has 0 spiro atoms. The van der Waals surface area contributed by atoms with Gasteiger partial charge in [0.25, 0.3) is 11.8 Å². The fourth-order valence-corrected chi connectivity index (χ4v) is 5.04. The van der Waals surface area contributed by atoms with E-state index in [0.29, 0.717) is 29.4 Å². The summed E-state index contributed by atoms with van der Waals surface area (Å²) in [6.45, 7) is 12.1. The first-order valence-corrected chi connectivity index (χ1v) is 14.9. The monoisotopic (exact) mass is 549 g/mol. The molecule has 2 N–H and O–H groups in total. The number of pyridine rings is 1. The maximum absolute atomic E-state index is 12.6. The van der Waals surface area contributed by atoms with Crippen LogP contribution in [0.15, 0.2) is 48.7 Å². The maximum Gasteiger partial charge on any atom is 0.261 e. The zero-order valence-corrected chi connectivity index (χ0v) is 24.9. The molecular weight excluding hydrogens is 506 g/mol. The predicted molar refractivity (Wildman–Crippen MR) is 162 cm³/mol. The number of rotatable bonds is 14. The van der Waals surface area contributed by atoms with Crippen LogP contribution in [-0.4, -0.2) is 36.5 Å². The van der Waals surface area contributed by atoms with Gasteiger partial charge in [-0.2, -0.15) is 0 Å². The highest BCUT2D eigenvalue weighted by atomic mass is 32.1. The number of hydrogen-bond acceptors (Lipinski definition) is 5. The largest absolute Gasteiger partial charge is 0.481 e. The summed E-state index contributed by atoms with van der Waals surface area (Å²) in [4.78, 5) is 31.3. The average Bonchev–Trinajstić information content (AvgIpc) is 3.42. The Morgan fingerprint density at radius 3 is 2.31 bits per heavy atom. The van der Waals surface area contributed by atoms with Crippen molar-refractivity contribution in [2.24, 2.45) is 0 Å². The normalized spacial score (nSPS) is 11.3. The first-order valence-electron chi connectivity index (χ1n) is 14.1. The molecule has 0 bridgehead atoms. The quantitative estimate of drug-likeness (QED) is 0.206. The molecule has 0 aliphatic heterocycles. The summed E-state index contributed by atoms with van der Waals surface area (Å²) in [5.74, 6) is 0.288. The van der Waals surface area contributed by atoms with E-state index in [4.69, 9.17) is 9.72 Å². The van der Waals surface area contributed by atoms with Crippen molar-refractivity contribution in [1.82, 2.24) is 15.6 Å². The van der Waals surface area contributed by atoms with Gasteiger partial charge in [0.2, 0.25) is 0 Å². The summed E-state index contributed by atoms with van der Waals surface area (Å²) in [6, 6.07) is 14.1. The van der Waals surface area contributed by atoms with Gasteiger partial charge in [0.15, 0.2) is 6.61 Å². The molecule has 3 rings (SSSR count). The van der Waals surface area contributed by atoms with Crippen molar-refractivity contribution in [3.05, 3.63) is 59.1 Å². The summed E-state index contributed by atoms with van der Waals surface area (Å²) in [7, 11) is 0. The van der Waals surface area contributed by atoms with Crippen LogP contribution < -0.4 is 15.4 Å². The van der Waals surface area contributed by atoms with Gasteiger partial charge in [-0.3, -0.25) is 14.6 Å². The third-order valence-corrected chi connectivity index (χ3v) is 7.60. The average molecular weight is 550 g/mol. The van der Waals surface area contributed by atoms with Crippen LogP contribution in [0.4, 0.5) is 0 Å². The van der Waals surface area contributed by atoms with Crippen molar-refractivity contribution in [1.29, 1.82) is 0 Å². The lowest BCUT2D eigenvalue weighted by molar-refractivity contribution is -0.123. The van der Waals surface area contributed by atoms with Crippen LogP contribution >= 0.6 is 11.3 Å². The van der Waals surface area contributed by atoms with Gasteiger partial charge in [-0.05, 0) is 47.6 Å². The highest BCUT2D eigenvalue weighted by Crippen LogP contribution is 2.37. The molecule has 0 fully saturated rings. The number of carbonyl (C=O) groups is 2. The molecule has 3 aromatic rings. The lowest BCUT2D eigenvalue weighted by Gasteiger charge is -2.20. The molecule has 0 saturated heterocycles. The van der Waals surface area contributed by atoms with Crippen molar-refractivity contribution in [3.63, 3.8) is 0 Å². The Balaban J connectivity index is 1.85. The van der Waals surface area contributed by atoms with Crippen molar-refractivity contribution < 1.29 is 14.3 Å². The molecule has 2 heterocycles. The van der Waals surface area contributed by atoms with E-state index in [1.807, 2.05) is 24.4 Å². The Morgan fingerprint density at radius 2 is 1.62 bits per heavy atom. The number of nitrogens with zero attached hydrogens (tertiary/aromatic N) is 1. The SMILES string of the molecule is CCCCCNC(=O)COc1cc(-c2cccc(C(C)(C)C)c2)cnc1-c1ccc(C(=O)NCCCCC)s1. The van der Waals surface area contributed by atoms with E-state index in [-0.39, 0.29) is 23.8 Å². The van der Waals surface area contributed by atoms with Gasteiger partial charge in [-0.1, -0.05) is 84.6 Å². The van der Waals surface area contributed by atoms with E-state index in [0.717, 1.165) is 54.5 Å². The van der Waals surface area contributed by atoms with E-state index in [1.54, 1.807) is 0 Å². The molecule has 2 aromatic heterocycles. The molecule has 7 heteroatoms. The van der Waals surface area contributed by atoms with Crippen molar-refractivity contribution in [3.8, 4) is 27.4 Å². The van der Waals surface area contributed by atoms with Crippen molar-refractivity contribution >= 4 is 23.2 Å². The fraction of sp³-hybridized carbons (Fsp3) is 0.469. The predicted octanol–water partition coefficient (Wildman–Crippen LogP) is 7.38. The lowest BCUT2D eigenvalue weighted by Crippen LogP contribution is -2.29. The molecule has 1 aromatic carbocycles. The smallest absolute Gasteiger partial charge is 0.261 e. The highest BCUT2D eigenvalue weighted by Gasteiger charge is 2.18. The second kappa shape index (κ2) is 14.8. The number of ether oxygens (including phenoxy) is 1. The Bertz CT molecular complexity index is 1230. The number of nitrogens with one attached hydrogen (secondary N) is 2. The Labute approximate surface area is 237 Å². The fourth-order valence-electron chi connectivity index (χ4n) is 4.11. The molecular formula is C32H43N3O3S. The second-order valence-corrected chi connectivity index (χ2v) is 12.0. The Hall–Kier alpha value is -3.19. The van der Waals surface area contributed by atoms with Gasteiger partial charge < -0.3 is 15.4 Å². The zero-order chi connectivity index (χ0) is 28.3. The van der Waals surface area contributed by atoms with Gasteiger partial charge in [-0.15, -0.1) is 11.3 Å². The Kier molecular flexibility index (Phi) is 11.5. The maximum atomic E-state index is 12.6. The van der Waals surface area contributed by atoms with Crippen LogP contribution in [-0.2, 0) is 10.2 Å². The van der Waals surface area contributed by atoms with E-state index in [1.165, 1.54) is 16.9 Å². The molecule has 39 heavy (non-hydrogen) atoms. The van der Waals surface area contributed by atoms with E-state index in [9.17, 15) is 9.59 Å². The van der Waals surface area contributed by atoms with Crippen LogP contribution in [0.3, 0.4) is 0 Å². The van der Waals surface area contributed by atoms with E-state index < -0.39 is 0 Å². The van der Waals surface area contributed by atoms with Crippen LogP contribution in [0.2, 0.25) is 0 Å². The van der Waals surface area contributed by atoms with Crippen LogP contribution in [0.5, 0.6) is 5.75 Å². The minimum atomic E-state index is -0.157. The number of benzene rings is 1. The first kappa shape index (κ1) is 30.4. The van der Waals surface area contributed by atoms with Gasteiger partial charge in [0, 0.05) is 24.8 Å². The van der Waals surface area contributed by atoms with Gasteiger partial charge >= 0.3 is 0 Å². The van der Waals surface area contributed by atoms with Crippen LogP contribution in [0.25, 0.3) is 21.7 Å². The second-order valence-electron chi connectivity index (χ2n) is 10.9. The number of hydrogen-bond donors (Lipinski definition) is 2. The summed E-state index contributed by atoms with van der Waals surface area (Å²) < 4.78 is 6.06. The third-order valence-electron chi connectivity index (χ3n) is 6.50. The number of unbranched alkanes of at least 4 members (excludes halogenated alkanes) is 4. The topological polar surface area (TPSA) is 80.3 Å². The molecule has 210 valence electrons. The third kappa shape index (κ3) is 9.20. The lowest BCUT2D eigenvalue weighted by atomic mass is 9.85. The number of thiophene rings is 1. The minimum absolute atomic E-state index is 0.0169. The first-order chi connectivity index (χ1) is 18.7. The summed E-state index contributed by atoms with van der Waals surface area (Å²) >= 11 is 1.38. The molecule has 0 aliphatic rings. The molecule has 0 aliphatic carbocycles. The number of aromatic nitrogens is 1. The zero-order valence-electron chi connectivity index (χ0n) is 24.1. The molecule has 2 amide bonds. The minimum Gasteiger partial charge on any atom is -0.481 e. The Morgan fingerprint density at radius 1 is 0.897 bits per heavy atom. The molecule has 6 nitrogen and oxygen atoms in total. The van der Waals surface area contributed by atoms with Crippen molar-refractivity contribution in [2.75, 3.05) is 19.7 Å². The van der Waals surface area contributed by atoms with Gasteiger partial charge in [0.05, 0.1) is 9.75 Å². The summed E-state index contributed by atoms with van der Waals surface area (Å²) in [6.07, 6.45) is 8.14. The molecule has 0 unspecified atom stereocenters. The van der Waals surface area contributed by atoms with Gasteiger partial charge in [0.1, 0.15) is 11.4 Å². The standard InChI is InChI=1S/C32H43N3O3S/c1-6-8-10-17-33-29(36)22-38-26-20-24(23-13-12-14-25(19-23)32(3,4)5)21-35-30(26)27-15-16-28(39-27)31(37)34-18-11-9-7-2/h12-16,19-21H,6-11,17-18,22H2,1-5H3,(H,33,36)(H,34,37). The molecule has 0 radical (unpaired) electrons. The highest BCUT2D eigenvalue weighted by molar-refractivity contribution is 7.17. The van der Waals surface area contributed by atoms with Crippen LogP contribution in [0.1, 0.15) is 88.4 Å². The summed E-state index contributed by atoms with van der Waals surface area (Å²) in [5.41, 5.74) is 3.82.